The lowest BCUT2D eigenvalue weighted by molar-refractivity contribution is -0.495. The summed E-state index contributed by atoms with van der Waals surface area (Å²) < 4.78 is 13.3. The van der Waals surface area contributed by atoms with Crippen LogP contribution < -0.4 is 31.4 Å². The monoisotopic (exact) mass is 508 g/mol. The van der Waals surface area contributed by atoms with E-state index in [0.29, 0.717) is 6.61 Å². The van der Waals surface area contributed by atoms with E-state index in [0.717, 1.165) is 41.4 Å². The highest BCUT2D eigenvalue weighted by Crippen LogP contribution is 2.45. The summed E-state index contributed by atoms with van der Waals surface area (Å²) in [5.41, 5.74) is 3.01. The average Bonchev–Trinajstić information content (AvgIpc) is 3.07. The number of anilines is 1. The predicted octanol–water partition coefficient (Wildman–Crippen LogP) is 1.84. The maximum atomic E-state index is 12.4. The summed E-state index contributed by atoms with van der Waals surface area (Å²) >= 11 is 0. The zero-order chi connectivity index (χ0) is 22.3. The Morgan fingerprint density at radius 3 is 2.30 bits per heavy atom. The van der Waals surface area contributed by atoms with Crippen LogP contribution in [0.15, 0.2) is 72.8 Å². The zero-order valence-electron chi connectivity index (χ0n) is 19.2. The molecule has 2 heterocycles. The van der Waals surface area contributed by atoms with Crippen molar-refractivity contribution in [1.82, 2.24) is 0 Å². The molecule has 0 aromatic heterocycles. The van der Waals surface area contributed by atoms with Gasteiger partial charge in [0.2, 0.25) is 0 Å². The van der Waals surface area contributed by atoms with Gasteiger partial charge in [-0.05, 0) is 80.4 Å². The summed E-state index contributed by atoms with van der Waals surface area (Å²) in [5, 5.41) is 12.4. The lowest BCUT2D eigenvalue weighted by Crippen LogP contribution is -3.00. The van der Waals surface area contributed by atoms with Gasteiger partial charge in [-0.1, -0.05) is 18.2 Å². The van der Waals surface area contributed by atoms with E-state index in [9.17, 15) is 5.11 Å². The number of amidine groups is 1. The van der Waals surface area contributed by atoms with Gasteiger partial charge >= 0.3 is 0 Å². The summed E-state index contributed by atoms with van der Waals surface area (Å²) in [6, 6.07) is 24.0. The predicted molar refractivity (Wildman–Crippen MR) is 126 cm³/mol. The topological polar surface area (TPSA) is 44.9 Å². The second-order valence-electron chi connectivity index (χ2n) is 8.31. The molecule has 5 rings (SSSR count). The molecule has 33 heavy (non-hydrogen) atoms. The molecule has 6 heteroatoms. The quantitative estimate of drug-likeness (QED) is 0.534. The van der Waals surface area contributed by atoms with Crippen molar-refractivity contribution in [3.8, 4) is 11.5 Å². The maximum Gasteiger partial charge on any atom is 0.278 e. The van der Waals surface area contributed by atoms with Crippen molar-refractivity contribution in [2.24, 2.45) is 0 Å². The van der Waals surface area contributed by atoms with Gasteiger partial charge < -0.3 is 31.6 Å². The molecule has 0 amide bonds. The van der Waals surface area contributed by atoms with Crippen LogP contribution in [0.25, 0.3) is 0 Å². The Balaban J connectivity index is 0.00000259. The van der Waals surface area contributed by atoms with Crippen molar-refractivity contribution in [3.05, 3.63) is 83.9 Å². The molecule has 2 atom stereocenters. The van der Waals surface area contributed by atoms with Crippen molar-refractivity contribution in [1.29, 1.82) is 0 Å². The van der Waals surface area contributed by atoms with E-state index in [1.165, 1.54) is 11.3 Å². The van der Waals surface area contributed by atoms with Crippen LogP contribution in [-0.2, 0) is 12.1 Å². The Labute approximate surface area is 205 Å². The molecule has 0 aliphatic carbocycles. The van der Waals surface area contributed by atoms with Crippen molar-refractivity contribution in [2.75, 3.05) is 18.6 Å². The molecule has 5 nitrogen and oxygen atoms in total. The van der Waals surface area contributed by atoms with Crippen molar-refractivity contribution in [3.63, 3.8) is 0 Å². The number of aliphatic hydroxyl groups is 1. The van der Waals surface area contributed by atoms with E-state index >= 15 is 0 Å². The van der Waals surface area contributed by atoms with Crippen LogP contribution in [-0.4, -0.2) is 35.3 Å². The molecule has 2 aliphatic heterocycles. The van der Waals surface area contributed by atoms with E-state index in [1.807, 2.05) is 55.5 Å². The number of ether oxygens (including phenoxy) is 2. The molecular weight excluding hydrogens is 480 g/mol. The molecule has 1 N–H and O–H groups in total. The first-order valence-corrected chi connectivity index (χ1v) is 11.2. The maximum absolute atomic E-state index is 12.4. The van der Waals surface area contributed by atoms with Crippen molar-refractivity contribution in [2.45, 2.75) is 38.5 Å². The minimum absolute atomic E-state index is 0. The van der Waals surface area contributed by atoms with Crippen LogP contribution in [0, 0.1) is 0 Å². The molecule has 172 valence electrons. The second kappa shape index (κ2) is 9.20. The van der Waals surface area contributed by atoms with E-state index in [2.05, 4.69) is 40.7 Å². The number of nitrogens with zero attached hydrogens (tertiary/aromatic N) is 2. The van der Waals surface area contributed by atoms with E-state index in [4.69, 9.17) is 9.47 Å². The number of benzene rings is 3. The van der Waals surface area contributed by atoms with Crippen LogP contribution in [0.2, 0.25) is 0 Å². The molecule has 0 spiro atoms. The van der Waals surface area contributed by atoms with E-state index < -0.39 is 5.72 Å². The first-order valence-electron chi connectivity index (χ1n) is 11.2. The highest BCUT2D eigenvalue weighted by atomic mass is 79.9. The molecule has 0 bridgehead atoms. The van der Waals surface area contributed by atoms with Gasteiger partial charge in [0.1, 0.15) is 22.9 Å². The van der Waals surface area contributed by atoms with Crippen molar-refractivity contribution < 1.29 is 36.1 Å². The average molecular weight is 509 g/mol. The fourth-order valence-corrected chi connectivity index (χ4v) is 5.09. The van der Waals surface area contributed by atoms with Gasteiger partial charge in [0.25, 0.3) is 11.6 Å². The van der Waals surface area contributed by atoms with E-state index in [1.54, 1.807) is 7.11 Å². The van der Waals surface area contributed by atoms with Gasteiger partial charge in [-0.2, -0.15) is 4.90 Å². The van der Waals surface area contributed by atoms with Crippen LogP contribution in [0.1, 0.15) is 31.4 Å². The first-order chi connectivity index (χ1) is 15.6. The van der Waals surface area contributed by atoms with Crippen molar-refractivity contribution >= 4 is 17.2 Å². The molecule has 0 radical (unpaired) electrons. The smallest absolute Gasteiger partial charge is 0.278 e. The highest BCUT2D eigenvalue weighted by molar-refractivity contribution is 5.98. The molecule has 3 aromatic carbocycles. The summed E-state index contributed by atoms with van der Waals surface area (Å²) in [6.45, 7) is 4.68. The molecule has 0 saturated heterocycles. The summed E-state index contributed by atoms with van der Waals surface area (Å²) in [5.74, 6) is 2.71. The Bertz CT molecular complexity index is 1160. The Hall–Kier alpha value is -2.83. The van der Waals surface area contributed by atoms with Gasteiger partial charge in [0.15, 0.2) is 6.04 Å². The zero-order valence-corrected chi connectivity index (χ0v) is 20.7. The number of para-hydroxylation sites is 1. The van der Waals surface area contributed by atoms with Crippen LogP contribution in [0.4, 0.5) is 11.4 Å². The third kappa shape index (κ3) is 3.71. The van der Waals surface area contributed by atoms with Crippen LogP contribution in [0.3, 0.4) is 0 Å². The lowest BCUT2D eigenvalue weighted by atomic mass is 9.94. The molecule has 0 fully saturated rings. The number of hydrogen-bond acceptors (Lipinski definition) is 4. The number of fused-ring (bicyclic) bond motifs is 2. The molecular formula is C27H29BrN2O3. The highest BCUT2D eigenvalue weighted by Gasteiger charge is 2.60. The minimum Gasteiger partial charge on any atom is -1.00 e. The van der Waals surface area contributed by atoms with Gasteiger partial charge in [-0.25, -0.2) is 4.58 Å². The Morgan fingerprint density at radius 1 is 0.970 bits per heavy atom. The first kappa shape index (κ1) is 23.3. The largest absolute Gasteiger partial charge is 1.00 e. The van der Waals surface area contributed by atoms with Gasteiger partial charge in [0, 0.05) is 5.56 Å². The third-order valence-corrected chi connectivity index (χ3v) is 6.64. The summed E-state index contributed by atoms with van der Waals surface area (Å²) in [4.78, 5) is 2.10. The number of halogens is 1. The number of hydrogen-bond donors (Lipinski definition) is 1. The summed E-state index contributed by atoms with van der Waals surface area (Å²) in [6.07, 6.45) is 1.80. The standard InChI is InChI=1S/C27H29N2O3.BrH/c1-4-32-24-14-10-21(11-15-24)27(30)19(2)28-25-8-6-5-7-20(25)9-18-26(28)29(27)22-12-16-23(31-3)17-13-22;/h5-8,10-17,19,30H,4,9,18H2,1-3H3;1H/q+1;/p-1. The number of aryl methyl sites for hydroxylation is 1. The molecule has 3 aromatic rings. The summed E-state index contributed by atoms with van der Waals surface area (Å²) in [7, 11) is 1.66. The number of rotatable bonds is 5. The third-order valence-electron chi connectivity index (χ3n) is 6.64. The van der Waals surface area contributed by atoms with Gasteiger partial charge in [-0.15, -0.1) is 0 Å². The van der Waals surface area contributed by atoms with E-state index in [-0.39, 0.29) is 23.0 Å². The molecule has 0 saturated carbocycles. The fraction of sp³-hybridized carbons (Fsp3) is 0.296. The lowest BCUT2D eigenvalue weighted by Gasteiger charge is -2.31. The molecule has 2 unspecified atom stereocenters. The fourth-order valence-electron chi connectivity index (χ4n) is 5.09. The van der Waals surface area contributed by atoms with Gasteiger partial charge in [-0.3, -0.25) is 0 Å². The van der Waals surface area contributed by atoms with Crippen LogP contribution >= 0.6 is 0 Å². The van der Waals surface area contributed by atoms with Crippen LogP contribution in [0.5, 0.6) is 11.5 Å². The Kier molecular flexibility index (Phi) is 6.50. The molecule has 2 aliphatic rings. The SMILES string of the molecule is CCOc1ccc(C2(O)C(C)[N+]3=C(CCc4ccccc43)N2c2ccc(OC)cc2)cc1.[Br-]. The van der Waals surface area contributed by atoms with Gasteiger partial charge in [0.05, 0.1) is 20.1 Å². The normalized spacial score (nSPS) is 21.2. The number of methoxy groups -OCH3 is 1. The Morgan fingerprint density at radius 2 is 1.64 bits per heavy atom. The second-order valence-corrected chi connectivity index (χ2v) is 8.31. The minimum atomic E-state index is -1.24.